The molecule has 27 heavy (non-hydrogen) atoms. The van der Waals surface area contributed by atoms with E-state index in [1.807, 2.05) is 6.92 Å². The fourth-order valence-corrected chi connectivity index (χ4v) is 2.37. The van der Waals surface area contributed by atoms with Gasteiger partial charge in [-0.2, -0.15) is 10.2 Å². The molecule has 13 heteroatoms. The van der Waals surface area contributed by atoms with Crippen molar-refractivity contribution in [3.05, 3.63) is 0 Å². The second-order valence-corrected chi connectivity index (χ2v) is 6.52. The predicted octanol–water partition coefficient (Wildman–Crippen LogP) is -2.51. The van der Waals surface area contributed by atoms with Crippen molar-refractivity contribution >= 4 is 46.1 Å². The van der Waals surface area contributed by atoms with Gasteiger partial charge in [-0.25, -0.2) is 0 Å². The molecule has 0 aromatic carbocycles. The van der Waals surface area contributed by atoms with Crippen molar-refractivity contribution in [2.24, 2.45) is 10.2 Å². The summed E-state index contributed by atoms with van der Waals surface area (Å²) in [5.41, 5.74) is 6.29. The van der Waals surface area contributed by atoms with Gasteiger partial charge in [0.1, 0.15) is 24.4 Å². The second kappa shape index (κ2) is 11.4. The molecule has 11 nitrogen and oxygen atoms in total. The molecule has 5 atom stereocenters. The Labute approximate surface area is 167 Å². The van der Waals surface area contributed by atoms with Gasteiger partial charge in [-0.05, 0) is 45.2 Å². The first-order chi connectivity index (χ1) is 12.7. The maximum Gasteiger partial charge on any atom is 0.189 e. The number of ether oxygens (including phenoxy) is 1. The van der Waals surface area contributed by atoms with Crippen LogP contribution in [0.5, 0.6) is 0 Å². The lowest BCUT2D eigenvalue weighted by Crippen LogP contribution is -2.63. The molecule has 0 radical (unpaired) electrons. The number of hydrogen-bond donors (Lipinski definition) is 8. The number of thiocarbonyl (C=S) groups is 2. The van der Waals surface area contributed by atoms with Gasteiger partial charge in [0.25, 0.3) is 0 Å². The number of nitrogens with one attached hydrogen (secondary N) is 4. The Morgan fingerprint density at radius 1 is 0.963 bits per heavy atom. The number of hydrazone groups is 2. The summed E-state index contributed by atoms with van der Waals surface area (Å²) in [6.45, 7) is 5.46. The molecular formula is C14H26N6O5S2. The number of aliphatic hydroxyl groups is 4. The van der Waals surface area contributed by atoms with Gasteiger partial charge < -0.3 is 35.8 Å². The molecule has 0 aromatic rings. The smallest absolute Gasteiger partial charge is 0.189 e. The van der Waals surface area contributed by atoms with E-state index in [0.717, 1.165) is 0 Å². The molecule has 0 aliphatic carbocycles. The van der Waals surface area contributed by atoms with Crippen molar-refractivity contribution in [3.63, 3.8) is 0 Å². The second-order valence-electron chi connectivity index (χ2n) is 5.70. The average Bonchev–Trinajstić information content (AvgIpc) is 2.64. The van der Waals surface area contributed by atoms with E-state index in [1.54, 1.807) is 13.8 Å². The molecule has 0 unspecified atom stereocenters. The van der Waals surface area contributed by atoms with Crippen molar-refractivity contribution in [3.8, 4) is 0 Å². The zero-order valence-corrected chi connectivity index (χ0v) is 16.8. The van der Waals surface area contributed by atoms with Crippen molar-refractivity contribution in [2.75, 3.05) is 13.2 Å². The highest BCUT2D eigenvalue weighted by atomic mass is 32.1. The first-order valence-electron chi connectivity index (χ1n) is 8.21. The Morgan fingerprint density at radius 2 is 1.52 bits per heavy atom. The van der Waals surface area contributed by atoms with E-state index in [-0.39, 0.29) is 5.11 Å². The molecule has 154 valence electrons. The normalized spacial score (nSPS) is 29.1. The van der Waals surface area contributed by atoms with E-state index in [0.29, 0.717) is 23.1 Å². The minimum atomic E-state index is -1.50. The molecule has 0 saturated carbocycles. The first kappa shape index (κ1) is 23.6. The first-order valence-corrected chi connectivity index (χ1v) is 9.02. The predicted molar refractivity (Wildman–Crippen MR) is 108 cm³/mol. The maximum atomic E-state index is 9.95. The molecule has 8 N–H and O–H groups in total. The van der Waals surface area contributed by atoms with Gasteiger partial charge in [-0.1, -0.05) is 0 Å². The van der Waals surface area contributed by atoms with E-state index in [1.165, 1.54) is 0 Å². The quantitative estimate of drug-likeness (QED) is 0.130. The van der Waals surface area contributed by atoms with Crippen LogP contribution in [0.2, 0.25) is 0 Å². The number of rotatable bonds is 6. The van der Waals surface area contributed by atoms with Crippen LogP contribution in [0, 0.1) is 0 Å². The SMILES string of the molecule is CCNC(=S)N/N=C(C)/C(C)=N/NC(=S)N[C@@H]1O[C@H](CO)[C@@H](O)[C@H](O)[C@H]1O. The molecular weight excluding hydrogens is 396 g/mol. The lowest BCUT2D eigenvalue weighted by molar-refractivity contribution is -0.232. The van der Waals surface area contributed by atoms with Crippen molar-refractivity contribution in [2.45, 2.75) is 51.4 Å². The standard InChI is InChI=1S/C14H26N6O5S2/c1-4-15-13(26)19-17-6(2)7(3)18-20-14(27)16-12-11(24)10(23)9(22)8(5-21)25-12/h8-12,21-24H,4-5H2,1-3H3,(H2,15,19,26)(H2,16,20,27)/b17-6+,18-7+/t8-,9-,10+,11-,12-/m1/s1. The minimum Gasteiger partial charge on any atom is -0.394 e. The molecule has 1 heterocycles. The third-order valence-electron chi connectivity index (χ3n) is 3.68. The molecule has 1 rings (SSSR count). The summed E-state index contributed by atoms with van der Waals surface area (Å²) in [5, 5.41) is 52.6. The van der Waals surface area contributed by atoms with E-state index in [2.05, 4.69) is 31.7 Å². The molecule has 0 bridgehead atoms. The zero-order chi connectivity index (χ0) is 20.6. The van der Waals surface area contributed by atoms with Gasteiger partial charge >= 0.3 is 0 Å². The monoisotopic (exact) mass is 422 g/mol. The van der Waals surface area contributed by atoms with Gasteiger partial charge in [0.05, 0.1) is 18.0 Å². The summed E-state index contributed by atoms with van der Waals surface area (Å²) in [7, 11) is 0. The number of hydrogen-bond acceptors (Lipinski definition) is 9. The molecule has 1 fully saturated rings. The summed E-state index contributed by atoms with van der Waals surface area (Å²) >= 11 is 10.1. The van der Waals surface area contributed by atoms with Gasteiger partial charge in [0.15, 0.2) is 16.5 Å². The van der Waals surface area contributed by atoms with Crippen LogP contribution >= 0.6 is 24.4 Å². The average molecular weight is 423 g/mol. The largest absolute Gasteiger partial charge is 0.394 e. The summed E-state index contributed by atoms with van der Waals surface area (Å²) in [6, 6.07) is 0. The topological polar surface area (TPSA) is 163 Å². The fourth-order valence-electron chi connectivity index (χ4n) is 2.01. The highest BCUT2D eigenvalue weighted by molar-refractivity contribution is 7.80. The van der Waals surface area contributed by atoms with Crippen LogP contribution in [0.1, 0.15) is 20.8 Å². The Bertz CT molecular complexity index is 588. The molecule has 0 aromatic heterocycles. The van der Waals surface area contributed by atoms with Crippen LogP contribution in [0.15, 0.2) is 10.2 Å². The van der Waals surface area contributed by atoms with Gasteiger partial charge in [-0.3, -0.25) is 10.9 Å². The summed E-state index contributed by atoms with van der Waals surface area (Å²) < 4.78 is 5.29. The summed E-state index contributed by atoms with van der Waals surface area (Å²) in [4.78, 5) is 0. The third-order valence-corrected chi connectivity index (χ3v) is 4.12. The Balaban J connectivity index is 2.59. The lowest BCUT2D eigenvalue weighted by atomic mass is 9.98. The van der Waals surface area contributed by atoms with Gasteiger partial charge in [-0.15, -0.1) is 0 Å². The van der Waals surface area contributed by atoms with Crippen LogP contribution in [-0.4, -0.2) is 85.9 Å². The highest BCUT2D eigenvalue weighted by Gasteiger charge is 2.43. The molecule has 0 spiro atoms. The maximum absolute atomic E-state index is 9.95. The highest BCUT2D eigenvalue weighted by Crippen LogP contribution is 2.19. The van der Waals surface area contributed by atoms with Crippen molar-refractivity contribution in [1.82, 2.24) is 21.5 Å². The molecule has 1 aliphatic rings. The summed E-state index contributed by atoms with van der Waals surface area (Å²) in [6.07, 6.45) is -6.56. The number of nitrogens with zero attached hydrogens (tertiary/aromatic N) is 2. The lowest BCUT2D eigenvalue weighted by Gasteiger charge is -2.40. The van der Waals surface area contributed by atoms with Crippen LogP contribution in [-0.2, 0) is 4.74 Å². The minimum absolute atomic E-state index is 0.00242. The Morgan fingerprint density at radius 3 is 2.04 bits per heavy atom. The van der Waals surface area contributed by atoms with Gasteiger partial charge in [0, 0.05) is 6.54 Å². The van der Waals surface area contributed by atoms with E-state index >= 15 is 0 Å². The van der Waals surface area contributed by atoms with E-state index in [4.69, 9.17) is 34.3 Å². The fraction of sp³-hybridized carbons (Fsp3) is 0.714. The van der Waals surface area contributed by atoms with Crippen molar-refractivity contribution < 1.29 is 25.2 Å². The van der Waals surface area contributed by atoms with Gasteiger partial charge in [0.2, 0.25) is 0 Å². The van der Waals surface area contributed by atoms with E-state index < -0.39 is 37.3 Å². The Hall–Kier alpha value is -1.48. The van der Waals surface area contributed by atoms with Crippen molar-refractivity contribution in [1.29, 1.82) is 0 Å². The third kappa shape index (κ3) is 7.21. The van der Waals surface area contributed by atoms with Crippen LogP contribution in [0.25, 0.3) is 0 Å². The van der Waals surface area contributed by atoms with Crippen LogP contribution in [0.4, 0.5) is 0 Å². The zero-order valence-electron chi connectivity index (χ0n) is 15.2. The summed E-state index contributed by atoms with van der Waals surface area (Å²) in [5.74, 6) is 0. The Kier molecular flexibility index (Phi) is 9.93. The molecule has 1 aliphatic heterocycles. The molecule has 0 amide bonds. The van der Waals surface area contributed by atoms with E-state index in [9.17, 15) is 15.3 Å². The van der Waals surface area contributed by atoms with Crippen LogP contribution < -0.4 is 21.5 Å². The number of aliphatic hydroxyl groups excluding tert-OH is 4. The molecule has 1 saturated heterocycles. The van der Waals surface area contributed by atoms with Crippen LogP contribution in [0.3, 0.4) is 0 Å².